The van der Waals surface area contributed by atoms with Gasteiger partial charge in [-0.1, -0.05) is 36.4 Å². The smallest absolute Gasteiger partial charge is 0.328 e. The molecule has 2 N–H and O–H groups in total. The third-order valence-corrected chi connectivity index (χ3v) is 3.18. The molecule has 0 fully saturated rings. The zero-order valence-corrected chi connectivity index (χ0v) is 12.2. The van der Waals surface area contributed by atoms with Gasteiger partial charge in [-0.2, -0.15) is 0 Å². The van der Waals surface area contributed by atoms with Gasteiger partial charge in [0.2, 0.25) is 0 Å². The second kappa shape index (κ2) is 7.26. The summed E-state index contributed by atoms with van der Waals surface area (Å²) in [4.78, 5) is 24.1. The predicted molar refractivity (Wildman–Crippen MR) is 81.5 cm³/mol. The lowest BCUT2D eigenvalue weighted by atomic mass is 10.1. The highest BCUT2D eigenvalue weighted by Gasteiger charge is 2.22. The number of nitrogens with one attached hydrogen (secondary N) is 1. The van der Waals surface area contributed by atoms with E-state index in [1.54, 1.807) is 12.1 Å². The lowest BCUT2D eigenvalue weighted by Gasteiger charge is -2.16. The Morgan fingerprint density at radius 2 is 1.86 bits per heavy atom. The third-order valence-electron chi connectivity index (χ3n) is 3.18. The first kappa shape index (κ1) is 15.6. The van der Waals surface area contributed by atoms with E-state index in [2.05, 4.69) is 5.32 Å². The van der Waals surface area contributed by atoms with E-state index in [1.807, 2.05) is 30.3 Å². The Labute approximate surface area is 128 Å². The van der Waals surface area contributed by atoms with Crippen LogP contribution in [-0.4, -0.2) is 30.1 Å². The lowest BCUT2D eigenvalue weighted by Crippen LogP contribution is -2.43. The Bertz CT molecular complexity index is 655. The van der Waals surface area contributed by atoms with Crippen LogP contribution in [0.3, 0.4) is 0 Å². The third kappa shape index (κ3) is 4.09. The van der Waals surface area contributed by atoms with Gasteiger partial charge >= 0.3 is 5.97 Å². The van der Waals surface area contributed by atoms with Gasteiger partial charge in [0.15, 0.2) is 0 Å². The van der Waals surface area contributed by atoms with Gasteiger partial charge in [0.1, 0.15) is 11.8 Å². The number of phenols is 1. The van der Waals surface area contributed by atoms with Crippen molar-refractivity contribution in [2.45, 2.75) is 12.5 Å². The van der Waals surface area contributed by atoms with Crippen LogP contribution in [-0.2, 0) is 16.0 Å². The quantitative estimate of drug-likeness (QED) is 0.827. The molecular weight excluding hydrogens is 282 g/mol. The summed E-state index contributed by atoms with van der Waals surface area (Å²) in [6.45, 7) is 0. The summed E-state index contributed by atoms with van der Waals surface area (Å²) >= 11 is 0. The number of carbonyl (C=O) groups excluding carboxylic acids is 2. The highest BCUT2D eigenvalue weighted by Crippen LogP contribution is 2.12. The molecule has 0 aliphatic carbocycles. The van der Waals surface area contributed by atoms with Gasteiger partial charge < -0.3 is 15.2 Å². The van der Waals surface area contributed by atoms with Crippen LogP contribution < -0.4 is 5.32 Å². The van der Waals surface area contributed by atoms with E-state index in [1.165, 1.54) is 19.2 Å². The van der Waals surface area contributed by atoms with Crippen LogP contribution in [0.2, 0.25) is 0 Å². The Morgan fingerprint density at radius 3 is 2.50 bits per heavy atom. The molecule has 0 saturated carbocycles. The fourth-order valence-corrected chi connectivity index (χ4v) is 2.07. The molecule has 0 aliphatic rings. The van der Waals surface area contributed by atoms with Gasteiger partial charge in [-0.15, -0.1) is 0 Å². The number of amides is 1. The molecular formula is C17H17NO4. The van der Waals surface area contributed by atoms with Crippen molar-refractivity contribution in [3.8, 4) is 5.75 Å². The van der Waals surface area contributed by atoms with E-state index in [-0.39, 0.29) is 11.3 Å². The maximum atomic E-state index is 12.2. The van der Waals surface area contributed by atoms with Crippen molar-refractivity contribution in [1.82, 2.24) is 5.32 Å². The van der Waals surface area contributed by atoms with Crippen LogP contribution in [0.1, 0.15) is 15.9 Å². The fourth-order valence-electron chi connectivity index (χ4n) is 2.07. The molecule has 2 rings (SSSR count). The molecule has 1 amide bonds. The van der Waals surface area contributed by atoms with Crippen molar-refractivity contribution >= 4 is 11.9 Å². The topological polar surface area (TPSA) is 75.6 Å². The number of methoxy groups -OCH3 is 1. The van der Waals surface area contributed by atoms with Crippen molar-refractivity contribution in [2.75, 3.05) is 7.11 Å². The van der Waals surface area contributed by atoms with Crippen LogP contribution in [0, 0.1) is 0 Å². The number of phenolic OH excluding ortho intramolecular Hbond substituents is 1. The monoisotopic (exact) mass is 299 g/mol. The maximum Gasteiger partial charge on any atom is 0.328 e. The molecule has 0 saturated heterocycles. The van der Waals surface area contributed by atoms with E-state index in [0.717, 1.165) is 5.56 Å². The largest absolute Gasteiger partial charge is 0.508 e. The van der Waals surface area contributed by atoms with Gasteiger partial charge in [-0.3, -0.25) is 4.79 Å². The molecule has 0 unspecified atom stereocenters. The number of aromatic hydroxyl groups is 1. The first-order valence-corrected chi connectivity index (χ1v) is 6.82. The minimum absolute atomic E-state index is 0.00896. The van der Waals surface area contributed by atoms with Crippen molar-refractivity contribution in [1.29, 1.82) is 0 Å². The molecule has 22 heavy (non-hydrogen) atoms. The highest BCUT2D eigenvalue weighted by molar-refractivity contribution is 5.97. The predicted octanol–water partition coefficient (Wildman–Crippen LogP) is 1.91. The summed E-state index contributed by atoms with van der Waals surface area (Å²) in [6.07, 6.45) is 0.331. The van der Waals surface area contributed by atoms with E-state index in [9.17, 15) is 14.7 Å². The van der Waals surface area contributed by atoms with Crippen molar-refractivity contribution in [2.24, 2.45) is 0 Å². The maximum absolute atomic E-state index is 12.2. The number of hydrogen-bond donors (Lipinski definition) is 2. The SMILES string of the molecule is COC(=O)[C@@H](Cc1ccccc1)NC(=O)c1cccc(O)c1. The summed E-state index contributed by atoms with van der Waals surface area (Å²) in [7, 11) is 1.28. The van der Waals surface area contributed by atoms with Gasteiger partial charge in [0, 0.05) is 12.0 Å². The second-order valence-corrected chi connectivity index (χ2v) is 4.79. The summed E-state index contributed by atoms with van der Waals surface area (Å²) in [5.74, 6) is -0.968. The minimum Gasteiger partial charge on any atom is -0.508 e. The molecule has 0 heterocycles. The number of ether oxygens (including phenoxy) is 1. The van der Waals surface area contributed by atoms with Gasteiger partial charge in [0.05, 0.1) is 7.11 Å². The standard InChI is InChI=1S/C17H17NO4/c1-22-17(21)15(10-12-6-3-2-4-7-12)18-16(20)13-8-5-9-14(19)11-13/h2-9,11,15,19H,10H2,1H3,(H,18,20)/t15-/m1/s1. The zero-order valence-electron chi connectivity index (χ0n) is 12.2. The number of carbonyl (C=O) groups is 2. The molecule has 0 aliphatic heterocycles. The van der Waals surface area contributed by atoms with Crippen molar-refractivity contribution in [3.63, 3.8) is 0 Å². The van der Waals surface area contributed by atoms with E-state index in [0.29, 0.717) is 6.42 Å². The molecule has 2 aromatic carbocycles. The number of esters is 1. The van der Waals surface area contributed by atoms with Crippen LogP contribution in [0.5, 0.6) is 5.75 Å². The van der Waals surface area contributed by atoms with E-state index < -0.39 is 17.9 Å². The van der Waals surface area contributed by atoms with Crippen LogP contribution >= 0.6 is 0 Å². The van der Waals surface area contributed by atoms with Crippen molar-refractivity contribution < 1.29 is 19.4 Å². The second-order valence-electron chi connectivity index (χ2n) is 4.79. The molecule has 5 nitrogen and oxygen atoms in total. The summed E-state index contributed by atoms with van der Waals surface area (Å²) in [6, 6.07) is 14.5. The average Bonchev–Trinajstić information content (AvgIpc) is 2.54. The molecule has 1 atom stereocenters. The molecule has 2 aromatic rings. The molecule has 0 spiro atoms. The molecule has 0 radical (unpaired) electrons. The van der Waals surface area contributed by atoms with E-state index >= 15 is 0 Å². The highest BCUT2D eigenvalue weighted by atomic mass is 16.5. The Hall–Kier alpha value is -2.82. The van der Waals surface area contributed by atoms with Gasteiger partial charge in [-0.25, -0.2) is 4.79 Å². The number of rotatable bonds is 5. The van der Waals surface area contributed by atoms with E-state index in [4.69, 9.17) is 4.74 Å². The lowest BCUT2D eigenvalue weighted by molar-refractivity contribution is -0.142. The summed E-state index contributed by atoms with van der Waals surface area (Å²) < 4.78 is 4.74. The van der Waals surface area contributed by atoms with Crippen LogP contribution in [0.15, 0.2) is 54.6 Å². The molecule has 5 heteroatoms. The summed E-state index contributed by atoms with van der Waals surface area (Å²) in [5, 5.41) is 12.1. The van der Waals surface area contributed by atoms with Crippen LogP contribution in [0.25, 0.3) is 0 Å². The molecule has 114 valence electrons. The molecule has 0 bridgehead atoms. The fraction of sp³-hybridized carbons (Fsp3) is 0.176. The Balaban J connectivity index is 2.13. The number of hydrogen-bond acceptors (Lipinski definition) is 4. The first-order chi connectivity index (χ1) is 10.6. The average molecular weight is 299 g/mol. The van der Waals surface area contributed by atoms with Crippen molar-refractivity contribution in [3.05, 3.63) is 65.7 Å². The van der Waals surface area contributed by atoms with Gasteiger partial charge in [-0.05, 0) is 23.8 Å². The zero-order chi connectivity index (χ0) is 15.9. The first-order valence-electron chi connectivity index (χ1n) is 6.82. The minimum atomic E-state index is -0.790. The summed E-state index contributed by atoms with van der Waals surface area (Å²) in [5.41, 5.74) is 1.19. The Kier molecular flexibility index (Phi) is 5.14. The van der Waals surface area contributed by atoms with Gasteiger partial charge in [0.25, 0.3) is 5.91 Å². The normalized spacial score (nSPS) is 11.5. The molecule has 0 aromatic heterocycles. The Morgan fingerprint density at radius 1 is 1.14 bits per heavy atom. The number of benzene rings is 2. The van der Waals surface area contributed by atoms with Crippen LogP contribution in [0.4, 0.5) is 0 Å².